The normalized spacial score (nSPS) is 12.2. The largest absolute Gasteiger partial charge is 0.510 e. The molecule has 0 N–H and O–H groups in total. The van der Waals surface area contributed by atoms with Crippen LogP contribution in [0.5, 0.6) is 11.5 Å². The molecule has 0 atom stereocenters. The summed E-state index contributed by atoms with van der Waals surface area (Å²) in [5.41, 5.74) is 11.6. The van der Waals surface area contributed by atoms with Gasteiger partial charge in [-0.2, -0.15) is 18.2 Å². The third-order valence-electron chi connectivity index (χ3n) is 12.5. The molecule has 0 saturated heterocycles. The van der Waals surface area contributed by atoms with Crippen LogP contribution in [0, 0.1) is 18.5 Å². The minimum atomic E-state index is -0.425. The van der Waals surface area contributed by atoms with Crippen LogP contribution in [-0.2, 0) is 37.3 Å². The minimum absolute atomic E-state index is 0. The zero-order valence-corrected chi connectivity index (χ0v) is 39.5. The molecule has 0 saturated carbocycles. The topological polar surface area (TPSA) is 35.9 Å². The molecular formula is C58H50N4OPt-2. The maximum Gasteiger partial charge on any atom is 0.268 e. The van der Waals surface area contributed by atoms with Gasteiger partial charge in [-0.1, -0.05) is 156 Å². The van der Waals surface area contributed by atoms with Gasteiger partial charge in [0.15, 0.2) is 0 Å². The van der Waals surface area contributed by atoms with Crippen LogP contribution in [-0.4, -0.2) is 14.1 Å². The van der Waals surface area contributed by atoms with Crippen molar-refractivity contribution in [1.82, 2.24) is 14.1 Å². The van der Waals surface area contributed by atoms with Crippen molar-refractivity contribution in [3.05, 3.63) is 222 Å². The van der Waals surface area contributed by atoms with E-state index in [1.807, 2.05) is 30.5 Å². The van der Waals surface area contributed by atoms with E-state index in [9.17, 15) is 0 Å². The number of hydrogen-bond donors (Lipinski definition) is 0. The maximum absolute atomic E-state index is 6.66. The Bertz CT molecular complexity index is 3230. The molecule has 64 heavy (non-hydrogen) atoms. The van der Waals surface area contributed by atoms with Crippen LogP contribution in [0.15, 0.2) is 176 Å². The van der Waals surface area contributed by atoms with Crippen LogP contribution in [0.3, 0.4) is 0 Å². The summed E-state index contributed by atoms with van der Waals surface area (Å²) in [6.07, 6.45) is 5.62. The number of aromatic nitrogens is 4. The van der Waals surface area contributed by atoms with E-state index in [1.54, 1.807) is 0 Å². The van der Waals surface area contributed by atoms with Crippen LogP contribution in [0.2, 0.25) is 0 Å². The van der Waals surface area contributed by atoms with Gasteiger partial charge in [0, 0.05) is 49.7 Å². The summed E-state index contributed by atoms with van der Waals surface area (Å²) in [6.45, 7) is 15.9. The summed E-state index contributed by atoms with van der Waals surface area (Å²) >= 11 is 0. The quantitative estimate of drug-likeness (QED) is 0.112. The third-order valence-corrected chi connectivity index (χ3v) is 12.5. The molecule has 3 aromatic heterocycles. The van der Waals surface area contributed by atoms with Crippen molar-refractivity contribution in [2.45, 2.75) is 64.7 Å². The summed E-state index contributed by atoms with van der Waals surface area (Å²) < 4.78 is 13.1. The Kier molecular flexibility index (Phi) is 11.0. The van der Waals surface area contributed by atoms with Gasteiger partial charge in [-0.05, 0) is 87.0 Å². The van der Waals surface area contributed by atoms with Crippen molar-refractivity contribution in [3.8, 4) is 28.7 Å². The van der Waals surface area contributed by atoms with E-state index >= 15 is 0 Å². The van der Waals surface area contributed by atoms with E-state index in [4.69, 9.17) is 9.72 Å². The van der Waals surface area contributed by atoms with Gasteiger partial charge < -0.3 is 13.9 Å². The van der Waals surface area contributed by atoms with Crippen molar-refractivity contribution in [2.24, 2.45) is 0 Å². The summed E-state index contributed by atoms with van der Waals surface area (Å²) in [4.78, 5) is 5.01. The average molecular weight is 1010 g/mol. The molecule has 3 heterocycles. The van der Waals surface area contributed by atoms with Gasteiger partial charge in [0.05, 0.1) is 16.7 Å². The Hall–Kier alpha value is -6.55. The van der Waals surface area contributed by atoms with Gasteiger partial charge in [-0.25, -0.2) is 4.98 Å². The number of hydrogen-bond acceptors (Lipinski definition) is 2. The first-order valence-corrected chi connectivity index (χ1v) is 21.7. The summed E-state index contributed by atoms with van der Waals surface area (Å²) in [5.74, 6) is 1.97. The van der Waals surface area contributed by atoms with Crippen LogP contribution in [0.4, 0.5) is 0 Å². The van der Waals surface area contributed by atoms with E-state index < -0.39 is 5.41 Å². The monoisotopic (exact) mass is 1010 g/mol. The van der Waals surface area contributed by atoms with Gasteiger partial charge in [0.25, 0.3) is 6.33 Å². The first-order chi connectivity index (χ1) is 30.4. The second-order valence-corrected chi connectivity index (χ2v) is 18.7. The third kappa shape index (κ3) is 7.66. The molecule has 0 amide bonds. The predicted octanol–water partition coefficient (Wildman–Crippen LogP) is 13.5. The molecule has 0 spiro atoms. The Morgan fingerprint density at radius 1 is 0.516 bits per heavy atom. The Balaban J connectivity index is 0.00000518. The van der Waals surface area contributed by atoms with Gasteiger partial charge in [-0.15, -0.1) is 29.7 Å². The van der Waals surface area contributed by atoms with E-state index in [2.05, 4.69) is 226 Å². The summed E-state index contributed by atoms with van der Waals surface area (Å²) in [6, 6.07) is 67.0. The van der Waals surface area contributed by atoms with Gasteiger partial charge >= 0.3 is 0 Å². The Labute approximate surface area is 390 Å². The molecule has 0 radical (unpaired) electrons. The number of nitrogens with zero attached hydrogens (tertiary/aromatic N) is 4. The number of pyridine rings is 1. The number of benzene rings is 7. The zero-order valence-electron chi connectivity index (χ0n) is 37.3. The molecule has 10 aromatic rings. The van der Waals surface area contributed by atoms with Crippen LogP contribution in [0.1, 0.15) is 76.3 Å². The molecule has 0 aliphatic rings. The fraction of sp³-hybridized carbons (Fsp3) is 0.172. The van der Waals surface area contributed by atoms with Gasteiger partial charge in [-0.3, -0.25) is 4.57 Å². The average Bonchev–Trinajstić information content (AvgIpc) is 3.85. The molecule has 7 aromatic carbocycles. The molecule has 0 unspecified atom stereocenters. The van der Waals surface area contributed by atoms with E-state index in [1.165, 1.54) is 22.3 Å². The van der Waals surface area contributed by atoms with Crippen LogP contribution >= 0.6 is 0 Å². The number of fused-ring (bicyclic) bond motifs is 4. The Morgan fingerprint density at radius 2 is 1.12 bits per heavy atom. The van der Waals surface area contributed by atoms with Crippen molar-refractivity contribution >= 4 is 32.8 Å². The van der Waals surface area contributed by atoms with Gasteiger partial charge in [0.1, 0.15) is 5.82 Å². The molecule has 0 fully saturated rings. The van der Waals surface area contributed by atoms with Crippen molar-refractivity contribution in [2.75, 3.05) is 0 Å². The van der Waals surface area contributed by atoms with Gasteiger partial charge in [0.2, 0.25) is 0 Å². The number of imidazole rings is 1. The van der Waals surface area contributed by atoms with E-state index in [0.29, 0.717) is 11.5 Å². The molecule has 6 heteroatoms. The summed E-state index contributed by atoms with van der Waals surface area (Å²) in [7, 11) is 0. The SMILES string of the molecule is CC(C)(C)c1cc(-[n+]2[c-]n(-c3[c-]c(Oc4[c-]c5c(cc4)c4ccccc4n5-c4cc(C(C)(c5ccccc5)c5ccccc5)ccn4)ccc3)c3ccccc32)cc(C(C)(C)C)c1.[Pt]. The van der Waals surface area contributed by atoms with Crippen molar-refractivity contribution in [3.63, 3.8) is 0 Å². The van der Waals surface area contributed by atoms with E-state index in [0.717, 1.165) is 55.6 Å². The standard InChI is InChI=1S/C58H50N4O.Pt/c1-56(2,3)43-33-44(57(4,5)6)35-46(34-43)61-39-60(52-27-16-17-28-53(52)61)45-23-18-24-47(37-45)63-48-29-30-50-49-25-14-15-26-51(49)62(54(50)38-48)55-36-42(31-32-59-55)58(7,40-19-10-8-11-20-40)41-21-12-9-13-22-41;/h8-36H,1-7H3;/q-2;. The van der Waals surface area contributed by atoms with Crippen molar-refractivity contribution < 1.29 is 30.4 Å². The van der Waals surface area contributed by atoms with Crippen LogP contribution < -0.4 is 9.30 Å². The first-order valence-electron chi connectivity index (χ1n) is 21.7. The fourth-order valence-electron chi connectivity index (χ4n) is 8.85. The molecule has 0 aliphatic carbocycles. The smallest absolute Gasteiger partial charge is 0.268 e. The minimum Gasteiger partial charge on any atom is -0.510 e. The molecule has 0 aliphatic heterocycles. The molecule has 10 rings (SSSR count). The number of ether oxygens (including phenoxy) is 1. The zero-order chi connectivity index (χ0) is 43.5. The molecule has 320 valence electrons. The Morgan fingerprint density at radius 3 is 1.80 bits per heavy atom. The maximum atomic E-state index is 6.66. The summed E-state index contributed by atoms with van der Waals surface area (Å²) in [5, 5.41) is 2.19. The molecular weight excluding hydrogens is 964 g/mol. The predicted molar refractivity (Wildman–Crippen MR) is 256 cm³/mol. The second-order valence-electron chi connectivity index (χ2n) is 18.7. The second kappa shape index (κ2) is 16.5. The van der Waals surface area contributed by atoms with E-state index in [-0.39, 0.29) is 31.9 Å². The first kappa shape index (κ1) is 42.7. The number of para-hydroxylation sites is 3. The molecule has 5 nitrogen and oxygen atoms in total. The van der Waals surface area contributed by atoms with Crippen LogP contribution in [0.25, 0.3) is 50.0 Å². The fourth-order valence-corrected chi connectivity index (χ4v) is 8.85. The van der Waals surface area contributed by atoms with Crippen molar-refractivity contribution in [1.29, 1.82) is 0 Å². The number of rotatable bonds is 8. The molecule has 0 bridgehead atoms.